The summed E-state index contributed by atoms with van der Waals surface area (Å²) in [5.74, 6) is 0.187. The largest absolute Gasteiger partial charge is 0.460 e. The number of carbonyl (C=O) groups excluding carboxylic acids is 1. The smallest absolute Gasteiger partial charge is 0.287 e. The molecule has 0 unspecified atom stereocenters. The van der Waals surface area contributed by atoms with Crippen LogP contribution in [0, 0.1) is 0 Å². The zero-order valence-electron chi connectivity index (χ0n) is 12.1. The van der Waals surface area contributed by atoms with Gasteiger partial charge in [-0.2, -0.15) is 0 Å². The molecule has 0 fully saturated rings. The first-order valence-electron chi connectivity index (χ1n) is 6.85. The van der Waals surface area contributed by atoms with Crippen molar-refractivity contribution in [3.05, 3.63) is 83.8 Å². The van der Waals surface area contributed by atoms with Gasteiger partial charge in [-0.05, 0) is 46.0 Å². The monoisotopic (exact) mass is 347 g/mol. The Morgan fingerprint density at radius 2 is 1.43 bits per heavy atom. The molecule has 0 amide bonds. The third-order valence-corrected chi connectivity index (χ3v) is 3.78. The van der Waals surface area contributed by atoms with Gasteiger partial charge in [-0.1, -0.05) is 48.5 Å². The molecule has 2 aromatic carbocycles. The lowest BCUT2D eigenvalue weighted by Crippen LogP contribution is -2.07. The fourth-order valence-electron chi connectivity index (χ4n) is 2.58. The maximum absolute atomic E-state index is 10.2. The summed E-state index contributed by atoms with van der Waals surface area (Å²) < 4.78 is 4.61. The zero-order valence-corrected chi connectivity index (χ0v) is 13.7. The van der Waals surface area contributed by atoms with Gasteiger partial charge in [-0.3, -0.25) is 4.79 Å². The molecule has 5 heteroatoms. The van der Waals surface area contributed by atoms with E-state index in [9.17, 15) is 4.79 Å². The van der Waals surface area contributed by atoms with Gasteiger partial charge in [0.25, 0.3) is 5.24 Å². The highest BCUT2D eigenvalue weighted by atomic mass is 35.5. The summed E-state index contributed by atoms with van der Waals surface area (Å²) >= 11 is 5.01. The summed E-state index contributed by atoms with van der Waals surface area (Å²) in [5.41, 5.74) is 11.2. The molecule has 118 valence electrons. The van der Waals surface area contributed by atoms with Crippen molar-refractivity contribution in [3.63, 3.8) is 0 Å². The number of furan rings is 1. The van der Waals surface area contributed by atoms with Crippen LogP contribution in [0.1, 0.15) is 27.7 Å². The normalized spacial score (nSPS) is 11.6. The Kier molecular flexibility index (Phi) is 5.61. The lowest BCUT2D eigenvalue weighted by atomic mass is 10.1. The van der Waals surface area contributed by atoms with E-state index in [1.807, 2.05) is 12.1 Å². The predicted octanol–water partition coefficient (Wildman–Crippen LogP) is 4.80. The second-order valence-electron chi connectivity index (χ2n) is 4.90. The minimum absolute atomic E-state index is 0. The van der Waals surface area contributed by atoms with E-state index in [1.165, 1.54) is 34.6 Å². The van der Waals surface area contributed by atoms with E-state index in [1.54, 1.807) is 6.07 Å². The van der Waals surface area contributed by atoms with E-state index < -0.39 is 5.24 Å². The SMILES string of the molecule is Cl.NC1c2ccccc2-c2ccccc21.O=C(Cl)c1ccco1. The van der Waals surface area contributed by atoms with Gasteiger partial charge in [-0.25, -0.2) is 0 Å². The summed E-state index contributed by atoms with van der Waals surface area (Å²) in [7, 11) is 0. The van der Waals surface area contributed by atoms with Crippen LogP contribution < -0.4 is 5.73 Å². The quantitative estimate of drug-likeness (QED) is 0.643. The fraction of sp³-hybridized carbons (Fsp3) is 0.0556. The summed E-state index contributed by atoms with van der Waals surface area (Å²) in [4.78, 5) is 10.2. The van der Waals surface area contributed by atoms with Crippen molar-refractivity contribution in [1.29, 1.82) is 0 Å². The maximum atomic E-state index is 10.2. The molecular weight excluding hydrogens is 333 g/mol. The third kappa shape index (κ3) is 3.48. The average Bonchev–Trinajstić information content (AvgIpc) is 3.17. The maximum Gasteiger partial charge on any atom is 0.287 e. The van der Waals surface area contributed by atoms with Crippen LogP contribution in [0.2, 0.25) is 0 Å². The van der Waals surface area contributed by atoms with Gasteiger partial charge in [0.15, 0.2) is 5.76 Å². The zero-order chi connectivity index (χ0) is 15.5. The van der Waals surface area contributed by atoms with Crippen LogP contribution in [-0.2, 0) is 0 Å². The molecule has 0 atom stereocenters. The summed E-state index contributed by atoms with van der Waals surface area (Å²) in [6.07, 6.45) is 1.40. The molecule has 0 saturated heterocycles. The molecule has 23 heavy (non-hydrogen) atoms. The highest BCUT2D eigenvalue weighted by Gasteiger charge is 2.24. The first-order chi connectivity index (χ1) is 10.7. The number of halogens is 2. The van der Waals surface area contributed by atoms with Gasteiger partial charge >= 0.3 is 0 Å². The molecule has 0 radical (unpaired) electrons. The number of fused-ring (bicyclic) bond motifs is 3. The molecule has 2 N–H and O–H groups in total. The molecular formula is C18H15Cl2NO2. The van der Waals surface area contributed by atoms with Crippen molar-refractivity contribution >= 4 is 29.3 Å². The van der Waals surface area contributed by atoms with E-state index in [4.69, 9.17) is 17.3 Å². The molecule has 1 aliphatic carbocycles. The molecule has 1 aromatic heterocycles. The molecule has 0 spiro atoms. The highest BCUT2D eigenvalue weighted by molar-refractivity contribution is 6.67. The Balaban J connectivity index is 0.000000185. The summed E-state index contributed by atoms with van der Waals surface area (Å²) in [6, 6.07) is 19.9. The topological polar surface area (TPSA) is 56.2 Å². The average molecular weight is 348 g/mol. The van der Waals surface area contributed by atoms with Crippen LogP contribution in [0.15, 0.2) is 71.3 Å². The Morgan fingerprint density at radius 1 is 0.913 bits per heavy atom. The summed E-state index contributed by atoms with van der Waals surface area (Å²) in [6.45, 7) is 0. The Labute approximate surface area is 145 Å². The first-order valence-corrected chi connectivity index (χ1v) is 7.23. The molecule has 1 heterocycles. The van der Waals surface area contributed by atoms with E-state index in [2.05, 4.69) is 40.8 Å². The van der Waals surface area contributed by atoms with Gasteiger partial charge in [0.2, 0.25) is 0 Å². The van der Waals surface area contributed by atoms with Gasteiger partial charge in [0, 0.05) is 0 Å². The third-order valence-electron chi connectivity index (χ3n) is 3.60. The van der Waals surface area contributed by atoms with Crippen molar-refractivity contribution in [2.24, 2.45) is 5.73 Å². The Morgan fingerprint density at radius 3 is 1.83 bits per heavy atom. The number of carbonyl (C=O) groups is 1. The van der Waals surface area contributed by atoms with Crippen molar-refractivity contribution in [3.8, 4) is 11.1 Å². The van der Waals surface area contributed by atoms with Crippen LogP contribution in [-0.4, -0.2) is 5.24 Å². The van der Waals surface area contributed by atoms with Crippen LogP contribution in [0.3, 0.4) is 0 Å². The number of benzene rings is 2. The molecule has 3 nitrogen and oxygen atoms in total. The number of hydrogen-bond acceptors (Lipinski definition) is 3. The Hall–Kier alpha value is -2.07. The standard InChI is InChI=1S/C13H11N.C5H3ClO2.ClH/c14-13-11-7-3-1-5-9(11)10-6-2-4-8-12(10)13;6-5(7)4-2-1-3-8-4;/h1-8,13H,14H2;1-3H;1H. The van der Waals surface area contributed by atoms with E-state index >= 15 is 0 Å². The minimum Gasteiger partial charge on any atom is -0.460 e. The predicted molar refractivity (Wildman–Crippen MR) is 94.0 cm³/mol. The lowest BCUT2D eigenvalue weighted by Gasteiger charge is -2.04. The van der Waals surface area contributed by atoms with Gasteiger partial charge in [0.1, 0.15) is 0 Å². The first kappa shape index (κ1) is 17.3. The lowest BCUT2D eigenvalue weighted by molar-refractivity contribution is 0.105. The van der Waals surface area contributed by atoms with E-state index in [0.29, 0.717) is 0 Å². The summed E-state index contributed by atoms with van der Waals surface area (Å²) in [5, 5.41) is -0.560. The fourth-order valence-corrected chi connectivity index (χ4v) is 2.69. The van der Waals surface area contributed by atoms with Crippen LogP contribution >= 0.6 is 24.0 Å². The number of rotatable bonds is 1. The molecule has 0 bridgehead atoms. The highest BCUT2D eigenvalue weighted by Crippen LogP contribution is 2.41. The van der Waals surface area contributed by atoms with E-state index in [-0.39, 0.29) is 24.2 Å². The van der Waals surface area contributed by atoms with Gasteiger partial charge in [-0.15, -0.1) is 12.4 Å². The molecule has 0 aliphatic heterocycles. The van der Waals surface area contributed by atoms with Crippen molar-refractivity contribution in [2.75, 3.05) is 0 Å². The minimum atomic E-state index is -0.560. The van der Waals surface area contributed by atoms with Crippen molar-refractivity contribution < 1.29 is 9.21 Å². The van der Waals surface area contributed by atoms with Crippen molar-refractivity contribution in [2.45, 2.75) is 6.04 Å². The van der Waals surface area contributed by atoms with Gasteiger partial charge in [0.05, 0.1) is 12.3 Å². The van der Waals surface area contributed by atoms with Gasteiger partial charge < -0.3 is 10.2 Å². The molecule has 4 rings (SSSR count). The second kappa shape index (κ2) is 7.47. The Bertz CT molecular complexity index is 755. The van der Waals surface area contributed by atoms with Crippen LogP contribution in [0.4, 0.5) is 0 Å². The van der Waals surface area contributed by atoms with E-state index in [0.717, 1.165) is 0 Å². The second-order valence-corrected chi connectivity index (χ2v) is 5.25. The molecule has 1 aliphatic rings. The van der Waals surface area contributed by atoms with Crippen LogP contribution in [0.5, 0.6) is 0 Å². The molecule has 0 saturated carbocycles. The number of hydrogen-bond donors (Lipinski definition) is 1. The van der Waals surface area contributed by atoms with Crippen LogP contribution in [0.25, 0.3) is 11.1 Å². The number of nitrogens with two attached hydrogens (primary N) is 1. The van der Waals surface area contributed by atoms with Crippen molar-refractivity contribution in [1.82, 2.24) is 0 Å². The molecule has 3 aromatic rings.